The lowest BCUT2D eigenvalue weighted by molar-refractivity contribution is -0.139. The second-order valence-electron chi connectivity index (χ2n) is 6.43. The van der Waals surface area contributed by atoms with E-state index in [-0.39, 0.29) is 29.0 Å². The van der Waals surface area contributed by atoms with E-state index in [1.807, 2.05) is 0 Å². The van der Waals surface area contributed by atoms with E-state index in [2.05, 4.69) is 5.32 Å². The third kappa shape index (κ3) is 5.06. The molecule has 31 heavy (non-hydrogen) atoms. The lowest BCUT2D eigenvalue weighted by Gasteiger charge is -2.15. The molecule has 0 aliphatic heterocycles. The van der Waals surface area contributed by atoms with E-state index in [0.29, 0.717) is 0 Å². The van der Waals surface area contributed by atoms with Crippen LogP contribution in [0.15, 0.2) is 48.5 Å². The van der Waals surface area contributed by atoms with Crippen LogP contribution in [0.25, 0.3) is 11.1 Å². The summed E-state index contributed by atoms with van der Waals surface area (Å²) < 4.78 is 67.3. The molecule has 2 N–H and O–H groups in total. The maximum atomic E-state index is 15.1. The van der Waals surface area contributed by atoms with Crippen molar-refractivity contribution in [1.29, 1.82) is 0 Å². The van der Waals surface area contributed by atoms with E-state index in [1.54, 1.807) is 0 Å². The molecule has 162 valence electrons. The zero-order chi connectivity index (χ0) is 22.5. The number of anilines is 1. The topological polar surface area (TPSA) is 67.8 Å². The van der Waals surface area contributed by atoms with Gasteiger partial charge >= 0.3 is 5.97 Å². The van der Waals surface area contributed by atoms with Gasteiger partial charge in [-0.05, 0) is 42.0 Å². The van der Waals surface area contributed by atoms with Crippen LogP contribution in [-0.2, 0) is 11.3 Å². The Morgan fingerprint density at radius 3 is 2.48 bits per heavy atom. The molecule has 0 aliphatic rings. The molecular formula is C22H17F4NO4. The van der Waals surface area contributed by atoms with Crippen LogP contribution in [-0.4, -0.2) is 24.8 Å². The van der Waals surface area contributed by atoms with Gasteiger partial charge in [-0.2, -0.15) is 0 Å². The molecule has 0 saturated heterocycles. The van der Waals surface area contributed by atoms with Gasteiger partial charge in [0.2, 0.25) is 0 Å². The average molecular weight is 435 g/mol. The SMILES string of the molecule is COc1cc(CNc2c(F)ccc(OCC(=O)O)c2F)c(F)c(-c2cccc(F)c2)c1. The molecule has 5 nitrogen and oxygen atoms in total. The summed E-state index contributed by atoms with van der Waals surface area (Å²) in [5.41, 5.74) is -0.291. The van der Waals surface area contributed by atoms with Crippen molar-refractivity contribution in [3.05, 3.63) is 77.4 Å². The number of benzene rings is 3. The largest absolute Gasteiger partial charge is 0.497 e. The molecule has 0 radical (unpaired) electrons. The highest BCUT2D eigenvalue weighted by atomic mass is 19.1. The minimum atomic E-state index is -1.33. The third-order valence-corrected chi connectivity index (χ3v) is 4.36. The maximum absolute atomic E-state index is 15.1. The van der Waals surface area contributed by atoms with Crippen LogP contribution in [0, 0.1) is 23.3 Å². The van der Waals surface area contributed by atoms with E-state index in [9.17, 15) is 18.0 Å². The highest BCUT2D eigenvalue weighted by Crippen LogP contribution is 2.32. The van der Waals surface area contributed by atoms with Gasteiger partial charge in [0, 0.05) is 17.7 Å². The molecule has 0 spiro atoms. The van der Waals surface area contributed by atoms with Crippen LogP contribution in [0.2, 0.25) is 0 Å². The van der Waals surface area contributed by atoms with Crippen molar-refractivity contribution < 1.29 is 36.9 Å². The van der Waals surface area contributed by atoms with E-state index in [1.165, 1.54) is 37.4 Å². The number of carboxylic acid groups (broad SMARTS) is 1. The monoisotopic (exact) mass is 435 g/mol. The fourth-order valence-corrected chi connectivity index (χ4v) is 2.90. The van der Waals surface area contributed by atoms with Gasteiger partial charge < -0.3 is 19.9 Å². The smallest absolute Gasteiger partial charge is 0.341 e. The molecule has 0 saturated carbocycles. The quantitative estimate of drug-likeness (QED) is 0.488. The number of hydrogen-bond donors (Lipinski definition) is 2. The van der Waals surface area contributed by atoms with Gasteiger partial charge in [0.25, 0.3) is 0 Å². The Morgan fingerprint density at radius 2 is 1.81 bits per heavy atom. The molecule has 0 atom stereocenters. The molecule has 0 aliphatic carbocycles. The first kappa shape index (κ1) is 21.9. The lowest BCUT2D eigenvalue weighted by Crippen LogP contribution is -2.12. The van der Waals surface area contributed by atoms with Crippen molar-refractivity contribution in [2.24, 2.45) is 0 Å². The summed E-state index contributed by atoms with van der Waals surface area (Å²) in [7, 11) is 1.36. The van der Waals surface area contributed by atoms with E-state index >= 15 is 4.39 Å². The Hall–Kier alpha value is -3.75. The van der Waals surface area contributed by atoms with Crippen molar-refractivity contribution in [1.82, 2.24) is 0 Å². The van der Waals surface area contributed by atoms with Crippen molar-refractivity contribution in [3.63, 3.8) is 0 Å². The van der Waals surface area contributed by atoms with Crippen molar-refractivity contribution in [3.8, 4) is 22.6 Å². The van der Waals surface area contributed by atoms with Crippen LogP contribution in [0.1, 0.15) is 5.56 Å². The van der Waals surface area contributed by atoms with Gasteiger partial charge in [0.15, 0.2) is 18.2 Å². The number of rotatable bonds is 8. The highest BCUT2D eigenvalue weighted by Gasteiger charge is 2.18. The van der Waals surface area contributed by atoms with Crippen LogP contribution in [0.5, 0.6) is 11.5 Å². The molecule has 0 amide bonds. The van der Waals surface area contributed by atoms with E-state index in [4.69, 9.17) is 14.6 Å². The zero-order valence-corrected chi connectivity index (χ0v) is 16.2. The molecule has 0 fully saturated rings. The molecule has 9 heteroatoms. The highest BCUT2D eigenvalue weighted by molar-refractivity contribution is 5.69. The molecule has 3 rings (SSSR count). The number of methoxy groups -OCH3 is 1. The van der Waals surface area contributed by atoms with Gasteiger partial charge in [0.1, 0.15) is 28.9 Å². The molecule has 0 bridgehead atoms. The van der Waals surface area contributed by atoms with Gasteiger partial charge in [-0.15, -0.1) is 0 Å². The van der Waals surface area contributed by atoms with E-state index < -0.39 is 47.3 Å². The second kappa shape index (κ2) is 9.38. The van der Waals surface area contributed by atoms with Gasteiger partial charge in [-0.3, -0.25) is 0 Å². The lowest BCUT2D eigenvalue weighted by atomic mass is 10.0. The Kier molecular flexibility index (Phi) is 6.64. The Labute approximate surface area is 174 Å². The summed E-state index contributed by atoms with van der Waals surface area (Å²) >= 11 is 0. The summed E-state index contributed by atoms with van der Waals surface area (Å²) in [5.74, 6) is -4.96. The Balaban J connectivity index is 1.92. The van der Waals surface area contributed by atoms with Gasteiger partial charge in [-0.1, -0.05) is 12.1 Å². The maximum Gasteiger partial charge on any atom is 0.341 e. The first-order chi connectivity index (χ1) is 14.8. The average Bonchev–Trinajstić information content (AvgIpc) is 2.74. The van der Waals surface area contributed by atoms with Crippen LogP contribution in [0.3, 0.4) is 0 Å². The normalized spacial score (nSPS) is 10.6. The predicted molar refractivity (Wildman–Crippen MR) is 105 cm³/mol. The number of ether oxygens (including phenoxy) is 2. The van der Waals surface area contributed by atoms with Crippen molar-refractivity contribution >= 4 is 11.7 Å². The molecule has 0 aromatic heterocycles. The summed E-state index contributed by atoms with van der Waals surface area (Å²) in [6.07, 6.45) is 0. The number of hydrogen-bond acceptors (Lipinski definition) is 4. The summed E-state index contributed by atoms with van der Waals surface area (Å²) in [5, 5.41) is 11.1. The minimum Gasteiger partial charge on any atom is -0.497 e. The molecule has 0 heterocycles. The number of carbonyl (C=O) groups is 1. The third-order valence-electron chi connectivity index (χ3n) is 4.36. The van der Waals surface area contributed by atoms with Crippen molar-refractivity contribution in [2.45, 2.75) is 6.54 Å². The zero-order valence-electron chi connectivity index (χ0n) is 16.2. The Bertz CT molecular complexity index is 1120. The molecule has 0 unspecified atom stereocenters. The van der Waals surface area contributed by atoms with Gasteiger partial charge in [-0.25, -0.2) is 22.4 Å². The number of aliphatic carboxylic acids is 1. The fourth-order valence-electron chi connectivity index (χ4n) is 2.90. The molecule has 3 aromatic carbocycles. The summed E-state index contributed by atoms with van der Waals surface area (Å²) in [6, 6.07) is 9.87. The Morgan fingerprint density at radius 1 is 1.03 bits per heavy atom. The number of nitrogens with one attached hydrogen (secondary N) is 1. The molecular weight excluding hydrogens is 418 g/mol. The van der Waals surface area contributed by atoms with Crippen LogP contribution < -0.4 is 14.8 Å². The first-order valence-corrected chi connectivity index (χ1v) is 8.99. The van der Waals surface area contributed by atoms with Gasteiger partial charge in [0.05, 0.1) is 7.11 Å². The van der Waals surface area contributed by atoms with Crippen LogP contribution in [0.4, 0.5) is 23.2 Å². The van der Waals surface area contributed by atoms with Crippen molar-refractivity contribution in [2.75, 3.05) is 19.0 Å². The standard InChI is InChI=1S/C22H17F4NO4/c1-30-15-8-13(20(25)16(9-15)12-3-2-4-14(23)7-12)10-27-22-17(24)5-6-18(21(22)26)31-11-19(28)29/h2-9,27H,10-11H2,1H3,(H,28,29). The predicted octanol–water partition coefficient (Wildman–Crippen LogP) is 4.99. The first-order valence-electron chi connectivity index (χ1n) is 8.99. The number of carboxylic acids is 1. The van der Waals surface area contributed by atoms with E-state index in [0.717, 1.165) is 18.2 Å². The summed E-state index contributed by atoms with van der Waals surface area (Å²) in [6.45, 7) is -1.16. The fraction of sp³-hybridized carbons (Fsp3) is 0.136. The second-order valence-corrected chi connectivity index (χ2v) is 6.43. The summed E-state index contributed by atoms with van der Waals surface area (Å²) in [4.78, 5) is 10.6. The van der Waals surface area contributed by atoms with Crippen LogP contribution >= 0.6 is 0 Å². The number of halogens is 4. The minimum absolute atomic E-state index is 0.00858. The molecule has 3 aromatic rings.